The molecule has 1 fully saturated rings. The van der Waals surface area contributed by atoms with Crippen LogP contribution >= 0.6 is 0 Å². The molecule has 0 amide bonds. The Morgan fingerprint density at radius 2 is 1.40 bits per heavy atom. The lowest BCUT2D eigenvalue weighted by Gasteiger charge is -2.45. The Hall–Kier alpha value is -3.34. The Morgan fingerprint density at radius 3 is 1.93 bits per heavy atom. The van der Waals surface area contributed by atoms with Crippen LogP contribution in [0.4, 0.5) is 0 Å². The van der Waals surface area contributed by atoms with Crippen LogP contribution in [-0.4, -0.2) is 44.2 Å². The van der Waals surface area contributed by atoms with Gasteiger partial charge in [-0.2, -0.15) is 0 Å². The van der Waals surface area contributed by atoms with Crippen LogP contribution in [0.25, 0.3) is 0 Å². The van der Waals surface area contributed by atoms with E-state index in [1.165, 1.54) is 6.08 Å². The molecule has 0 aromatic rings. The Labute approximate surface area is 271 Å². The quantitative estimate of drug-likeness (QED) is 0.131. The maximum Gasteiger partial charge on any atom is 0.161 e. The third kappa shape index (κ3) is 10.6. The van der Waals surface area contributed by atoms with Crippen LogP contribution < -0.4 is 0 Å². The van der Waals surface area contributed by atoms with Crippen molar-refractivity contribution in [1.82, 2.24) is 0 Å². The maximum absolute atomic E-state index is 12.9. The summed E-state index contributed by atoms with van der Waals surface area (Å²) in [6.45, 7) is 18.9. The molecular formula is C40H54O5. The fourth-order valence-electron chi connectivity index (χ4n) is 6.23. The summed E-state index contributed by atoms with van der Waals surface area (Å²) in [6.07, 6.45) is 23.4. The van der Waals surface area contributed by atoms with E-state index in [1.807, 2.05) is 109 Å². The number of Topliss-reactive ketones (excluding diaryl/α,β-unsaturated/α-hetero) is 1. The van der Waals surface area contributed by atoms with Crippen LogP contribution in [0.5, 0.6) is 0 Å². The molecule has 0 spiro atoms. The van der Waals surface area contributed by atoms with Gasteiger partial charge in [-0.3, -0.25) is 9.59 Å². The van der Waals surface area contributed by atoms with Gasteiger partial charge in [0.1, 0.15) is 0 Å². The number of aliphatic hydroxyl groups excluding tert-OH is 1. The normalized spacial score (nSPS) is 28.2. The highest BCUT2D eigenvalue weighted by Gasteiger charge is 2.49. The fourth-order valence-corrected chi connectivity index (χ4v) is 6.23. The number of carbonyl (C=O) groups is 2. The van der Waals surface area contributed by atoms with Gasteiger partial charge in [-0.25, -0.2) is 0 Å². The summed E-state index contributed by atoms with van der Waals surface area (Å²) in [7, 11) is 0. The van der Waals surface area contributed by atoms with Crippen molar-refractivity contribution in [3.05, 3.63) is 112 Å². The average molecular weight is 615 g/mol. The van der Waals surface area contributed by atoms with Crippen molar-refractivity contribution in [1.29, 1.82) is 0 Å². The second-order valence-corrected chi connectivity index (χ2v) is 14.4. The lowest BCUT2D eigenvalue weighted by molar-refractivity contribution is -0.132. The Morgan fingerprint density at radius 1 is 0.867 bits per heavy atom. The predicted molar refractivity (Wildman–Crippen MR) is 185 cm³/mol. The molecule has 3 N–H and O–H groups in total. The van der Waals surface area contributed by atoms with Crippen LogP contribution in [0.3, 0.4) is 0 Å². The number of aliphatic hydroxyl groups is 3. The SMILES string of the molecule is CC1=CC(=O)CC(C)(C)[C@@]1(O)CC(=O)/C(C)=C/C=C/C(C)=C/C=C/C=C(C)/C=C/C=C(\C)C=C=C1C(C)(C)C[C@@H](O)C[C@]1(C)O. The molecule has 45 heavy (non-hydrogen) atoms. The Bertz CT molecular complexity index is 1440. The first-order chi connectivity index (χ1) is 20.7. The Balaban J connectivity index is 1.98. The van der Waals surface area contributed by atoms with Crippen molar-refractivity contribution < 1.29 is 24.9 Å². The molecule has 5 heteroatoms. The summed E-state index contributed by atoms with van der Waals surface area (Å²) < 4.78 is 0. The molecule has 5 nitrogen and oxygen atoms in total. The molecule has 0 saturated heterocycles. The fraction of sp³-hybridized carbons (Fsp3) is 0.475. The molecule has 0 aromatic carbocycles. The van der Waals surface area contributed by atoms with Crippen LogP contribution in [0, 0.1) is 10.8 Å². The van der Waals surface area contributed by atoms with E-state index in [9.17, 15) is 24.9 Å². The Kier molecular flexibility index (Phi) is 12.9. The lowest BCUT2D eigenvalue weighted by Crippen LogP contribution is -2.50. The van der Waals surface area contributed by atoms with E-state index in [0.717, 1.165) is 22.3 Å². The summed E-state index contributed by atoms with van der Waals surface area (Å²) in [6, 6.07) is 0. The first-order valence-corrected chi connectivity index (χ1v) is 15.8. The van der Waals surface area contributed by atoms with Crippen LogP contribution in [0.1, 0.15) is 94.9 Å². The molecule has 0 aliphatic heterocycles. The molecule has 244 valence electrons. The number of hydrogen-bond donors (Lipinski definition) is 3. The molecule has 2 aliphatic carbocycles. The van der Waals surface area contributed by atoms with Gasteiger partial charge in [0, 0.05) is 30.3 Å². The van der Waals surface area contributed by atoms with Crippen LogP contribution in [0.15, 0.2) is 112 Å². The zero-order chi connectivity index (χ0) is 34.2. The molecule has 0 unspecified atom stereocenters. The van der Waals surface area contributed by atoms with Gasteiger partial charge in [-0.15, -0.1) is 5.73 Å². The first kappa shape index (κ1) is 37.8. The zero-order valence-corrected chi connectivity index (χ0v) is 29.0. The van der Waals surface area contributed by atoms with Gasteiger partial charge >= 0.3 is 0 Å². The van der Waals surface area contributed by atoms with Crippen LogP contribution in [-0.2, 0) is 9.59 Å². The van der Waals surface area contributed by atoms with E-state index in [0.29, 0.717) is 24.0 Å². The van der Waals surface area contributed by atoms with E-state index in [2.05, 4.69) is 5.73 Å². The third-order valence-electron chi connectivity index (χ3n) is 8.91. The summed E-state index contributed by atoms with van der Waals surface area (Å²) in [5, 5.41) is 32.3. The van der Waals surface area contributed by atoms with E-state index in [4.69, 9.17) is 0 Å². The van der Waals surface area contributed by atoms with Gasteiger partial charge in [0.25, 0.3) is 0 Å². The highest BCUT2D eigenvalue weighted by Crippen LogP contribution is 2.46. The summed E-state index contributed by atoms with van der Waals surface area (Å²) >= 11 is 0. The van der Waals surface area contributed by atoms with Gasteiger partial charge < -0.3 is 15.3 Å². The summed E-state index contributed by atoms with van der Waals surface area (Å²) in [5.41, 5.74) is 4.88. The minimum atomic E-state index is -1.34. The van der Waals surface area contributed by atoms with E-state index in [1.54, 1.807) is 26.8 Å². The standard InChI is InChI=1S/C40H54O5/c1-28(17-13-18-30(3)21-22-36-37(6,7)24-34(42)26-39(36,10)44)15-11-12-16-29(2)19-14-20-31(4)35(43)27-40(45)32(5)23-33(41)25-38(40,8)9/h11-21,23,34,42,44-45H,24-27H2,1-10H3/b12-11+,17-13+,19-14+,28-15+,29-16+,30-18+,31-20+/t22?,34-,39+,40-/m1/s1. The largest absolute Gasteiger partial charge is 0.393 e. The number of rotatable bonds is 10. The molecule has 0 radical (unpaired) electrons. The van der Waals surface area contributed by atoms with Crippen molar-refractivity contribution in [2.45, 2.75) is 112 Å². The molecule has 2 aliphatic rings. The van der Waals surface area contributed by atoms with Crippen molar-refractivity contribution in [2.24, 2.45) is 10.8 Å². The molecule has 0 aromatic heterocycles. The van der Waals surface area contributed by atoms with Crippen molar-refractivity contribution in [3.8, 4) is 0 Å². The van der Waals surface area contributed by atoms with Gasteiger partial charge in [0.15, 0.2) is 11.6 Å². The number of allylic oxidation sites excluding steroid dienone is 15. The van der Waals surface area contributed by atoms with E-state index < -0.39 is 22.7 Å². The summed E-state index contributed by atoms with van der Waals surface area (Å²) in [4.78, 5) is 24.9. The second-order valence-electron chi connectivity index (χ2n) is 14.4. The highest BCUT2D eigenvalue weighted by molar-refractivity contribution is 5.97. The van der Waals surface area contributed by atoms with Crippen molar-refractivity contribution in [2.75, 3.05) is 0 Å². The first-order valence-electron chi connectivity index (χ1n) is 15.8. The third-order valence-corrected chi connectivity index (χ3v) is 8.91. The molecule has 2 rings (SSSR count). The molecular weight excluding hydrogens is 560 g/mol. The topological polar surface area (TPSA) is 94.8 Å². The van der Waals surface area contributed by atoms with Crippen molar-refractivity contribution in [3.63, 3.8) is 0 Å². The maximum atomic E-state index is 12.9. The monoisotopic (exact) mass is 614 g/mol. The number of carbonyl (C=O) groups excluding carboxylic acids is 2. The minimum Gasteiger partial charge on any atom is -0.393 e. The predicted octanol–water partition coefficient (Wildman–Crippen LogP) is 8.09. The molecule has 0 bridgehead atoms. The van der Waals surface area contributed by atoms with Gasteiger partial charge in [0.05, 0.1) is 17.3 Å². The van der Waals surface area contributed by atoms with Gasteiger partial charge in [-0.1, -0.05) is 99.6 Å². The zero-order valence-electron chi connectivity index (χ0n) is 29.0. The lowest BCUT2D eigenvalue weighted by atomic mass is 9.62. The second kappa shape index (κ2) is 15.3. The van der Waals surface area contributed by atoms with E-state index in [-0.39, 0.29) is 29.8 Å². The number of hydrogen-bond acceptors (Lipinski definition) is 5. The molecule has 3 atom stereocenters. The average Bonchev–Trinajstić information content (AvgIpc) is 2.88. The minimum absolute atomic E-state index is 0.0212. The van der Waals surface area contributed by atoms with Crippen LogP contribution in [0.2, 0.25) is 0 Å². The van der Waals surface area contributed by atoms with Gasteiger partial charge in [0.2, 0.25) is 0 Å². The smallest absolute Gasteiger partial charge is 0.161 e. The van der Waals surface area contributed by atoms with Gasteiger partial charge in [-0.05, 0) is 82.2 Å². The number of ketones is 2. The highest BCUT2D eigenvalue weighted by atomic mass is 16.3. The summed E-state index contributed by atoms with van der Waals surface area (Å²) in [5.74, 6) is -0.167. The molecule has 0 heterocycles. The van der Waals surface area contributed by atoms with Crippen molar-refractivity contribution >= 4 is 11.6 Å². The van der Waals surface area contributed by atoms with E-state index >= 15 is 0 Å². The molecule has 1 saturated carbocycles.